The van der Waals surface area contributed by atoms with Crippen LogP contribution in [0.2, 0.25) is 0 Å². The van der Waals surface area contributed by atoms with Crippen molar-refractivity contribution < 1.29 is 9.53 Å². The lowest BCUT2D eigenvalue weighted by Gasteiger charge is -2.37. The van der Waals surface area contributed by atoms with Gasteiger partial charge in [0.05, 0.1) is 12.5 Å². The highest BCUT2D eigenvalue weighted by molar-refractivity contribution is 5.80. The van der Waals surface area contributed by atoms with Gasteiger partial charge in [0, 0.05) is 19.1 Å². The Balaban J connectivity index is 1.88. The average molecular weight is 240 g/mol. The van der Waals surface area contributed by atoms with Crippen molar-refractivity contribution in [2.24, 2.45) is 5.41 Å². The van der Waals surface area contributed by atoms with Gasteiger partial charge in [0.1, 0.15) is 0 Å². The summed E-state index contributed by atoms with van der Waals surface area (Å²) in [5, 5.41) is 0. The summed E-state index contributed by atoms with van der Waals surface area (Å²) in [5.74, 6) is -0.0199. The van der Waals surface area contributed by atoms with Crippen LogP contribution in [-0.2, 0) is 9.53 Å². The minimum atomic E-state index is -0.181. The molecule has 2 rings (SSSR count). The van der Waals surface area contributed by atoms with Gasteiger partial charge in [-0.2, -0.15) is 0 Å². The highest BCUT2D eigenvalue weighted by Gasteiger charge is 2.52. The Kier molecular flexibility index (Phi) is 3.73. The van der Waals surface area contributed by atoms with E-state index < -0.39 is 0 Å². The first-order valence-electron chi connectivity index (χ1n) is 6.54. The van der Waals surface area contributed by atoms with Gasteiger partial charge in [-0.05, 0) is 46.3 Å². The second-order valence-electron chi connectivity index (χ2n) is 5.75. The minimum absolute atomic E-state index is 0.0199. The number of rotatable bonds is 4. The smallest absolute Gasteiger partial charge is 0.313 e. The number of likely N-dealkylation sites (N-methyl/N-ethyl adjacent to an activating group) is 2. The summed E-state index contributed by atoms with van der Waals surface area (Å²) in [6.45, 7) is 3.18. The van der Waals surface area contributed by atoms with Crippen LogP contribution in [0.1, 0.15) is 25.7 Å². The van der Waals surface area contributed by atoms with Gasteiger partial charge in [-0.25, -0.2) is 0 Å². The van der Waals surface area contributed by atoms with Crippen molar-refractivity contribution in [3.05, 3.63) is 0 Å². The summed E-state index contributed by atoms with van der Waals surface area (Å²) in [7, 11) is 5.82. The molecule has 1 heterocycles. The van der Waals surface area contributed by atoms with E-state index >= 15 is 0 Å². The van der Waals surface area contributed by atoms with Gasteiger partial charge in [-0.3, -0.25) is 4.79 Å². The summed E-state index contributed by atoms with van der Waals surface area (Å²) in [6.07, 6.45) is 4.49. The summed E-state index contributed by atoms with van der Waals surface area (Å²) < 4.78 is 4.91. The minimum Gasteiger partial charge on any atom is -0.469 e. The molecular weight excluding hydrogens is 216 g/mol. The van der Waals surface area contributed by atoms with Crippen molar-refractivity contribution in [3.63, 3.8) is 0 Å². The van der Waals surface area contributed by atoms with Crippen LogP contribution >= 0.6 is 0 Å². The van der Waals surface area contributed by atoms with Crippen molar-refractivity contribution in [3.8, 4) is 0 Å². The largest absolute Gasteiger partial charge is 0.469 e. The molecule has 4 nitrogen and oxygen atoms in total. The molecule has 1 saturated heterocycles. The van der Waals surface area contributed by atoms with Gasteiger partial charge in [0.2, 0.25) is 0 Å². The number of ether oxygens (including phenoxy) is 1. The molecule has 2 aliphatic rings. The lowest BCUT2D eigenvalue weighted by atomic mass is 10.0. The van der Waals surface area contributed by atoms with E-state index in [0.29, 0.717) is 6.04 Å². The molecule has 0 amide bonds. The fourth-order valence-electron chi connectivity index (χ4n) is 2.90. The van der Waals surface area contributed by atoms with Gasteiger partial charge in [0.15, 0.2) is 0 Å². The van der Waals surface area contributed by atoms with Gasteiger partial charge in [-0.15, -0.1) is 0 Å². The summed E-state index contributed by atoms with van der Waals surface area (Å²) >= 11 is 0. The Labute approximate surface area is 104 Å². The topological polar surface area (TPSA) is 32.8 Å². The van der Waals surface area contributed by atoms with Crippen LogP contribution in [0.25, 0.3) is 0 Å². The van der Waals surface area contributed by atoms with Gasteiger partial charge in [0.25, 0.3) is 0 Å². The normalized spacial score (nSPS) is 28.1. The number of esters is 1. The van der Waals surface area contributed by atoms with Crippen molar-refractivity contribution in [1.29, 1.82) is 0 Å². The second kappa shape index (κ2) is 4.94. The van der Waals surface area contributed by atoms with Crippen molar-refractivity contribution in [2.45, 2.75) is 31.7 Å². The molecule has 1 aliphatic carbocycles. The van der Waals surface area contributed by atoms with Gasteiger partial charge >= 0.3 is 5.97 Å². The second-order valence-corrected chi connectivity index (χ2v) is 5.75. The maximum absolute atomic E-state index is 11.7. The lowest BCUT2D eigenvalue weighted by Crippen LogP contribution is -2.47. The molecule has 0 radical (unpaired) electrons. The maximum atomic E-state index is 11.7. The maximum Gasteiger partial charge on any atom is 0.313 e. The first-order valence-corrected chi connectivity index (χ1v) is 6.54. The number of likely N-dealkylation sites (tertiary alicyclic amines) is 1. The molecule has 1 saturated carbocycles. The van der Waals surface area contributed by atoms with E-state index in [2.05, 4.69) is 23.9 Å². The fourth-order valence-corrected chi connectivity index (χ4v) is 2.90. The monoisotopic (exact) mass is 240 g/mol. The standard InChI is InChI=1S/C13H24N2O2/c1-14-8-4-5-11(9-14)15(2)10-13(6-7-13)12(16)17-3/h11H,4-10H2,1-3H3. The molecule has 1 unspecified atom stereocenters. The first-order chi connectivity index (χ1) is 8.07. The highest BCUT2D eigenvalue weighted by Crippen LogP contribution is 2.47. The van der Waals surface area contributed by atoms with Gasteiger partial charge in [-0.1, -0.05) is 0 Å². The molecule has 98 valence electrons. The summed E-state index contributed by atoms with van der Waals surface area (Å²) in [5.41, 5.74) is -0.181. The lowest BCUT2D eigenvalue weighted by molar-refractivity contribution is -0.148. The SMILES string of the molecule is COC(=O)C1(CN(C)C2CCCN(C)C2)CC1. The third-order valence-electron chi connectivity index (χ3n) is 4.25. The fraction of sp³-hybridized carbons (Fsp3) is 0.923. The van der Waals surface area contributed by atoms with E-state index in [4.69, 9.17) is 4.74 Å². The van der Waals surface area contributed by atoms with Crippen molar-refractivity contribution in [2.75, 3.05) is 40.8 Å². The van der Waals surface area contributed by atoms with Crippen LogP contribution in [0, 0.1) is 5.41 Å². The van der Waals surface area contributed by atoms with Crippen LogP contribution in [0.3, 0.4) is 0 Å². The number of carbonyl (C=O) groups is 1. The third kappa shape index (κ3) is 2.80. The zero-order valence-corrected chi connectivity index (χ0v) is 11.2. The molecule has 0 N–H and O–H groups in total. The third-order valence-corrected chi connectivity index (χ3v) is 4.25. The molecular formula is C13H24N2O2. The molecule has 4 heteroatoms. The van der Waals surface area contributed by atoms with Crippen LogP contribution in [0.15, 0.2) is 0 Å². The summed E-state index contributed by atoms with van der Waals surface area (Å²) in [4.78, 5) is 16.5. The molecule has 1 aliphatic heterocycles. The molecule has 17 heavy (non-hydrogen) atoms. The number of piperidine rings is 1. The van der Waals surface area contributed by atoms with E-state index in [9.17, 15) is 4.79 Å². The quantitative estimate of drug-likeness (QED) is 0.685. The number of hydrogen-bond acceptors (Lipinski definition) is 4. The van der Waals surface area contributed by atoms with E-state index in [1.165, 1.54) is 26.5 Å². The molecule has 0 aromatic rings. The van der Waals surface area contributed by atoms with E-state index in [0.717, 1.165) is 25.9 Å². The highest BCUT2D eigenvalue weighted by atomic mass is 16.5. The van der Waals surface area contributed by atoms with Crippen LogP contribution in [0.4, 0.5) is 0 Å². The Morgan fingerprint density at radius 2 is 2.24 bits per heavy atom. The van der Waals surface area contributed by atoms with Crippen LogP contribution < -0.4 is 0 Å². The molecule has 0 aromatic heterocycles. The van der Waals surface area contributed by atoms with E-state index in [1.54, 1.807) is 0 Å². The zero-order valence-electron chi connectivity index (χ0n) is 11.2. The zero-order chi connectivity index (χ0) is 12.5. The van der Waals surface area contributed by atoms with Crippen molar-refractivity contribution in [1.82, 2.24) is 9.80 Å². The summed E-state index contributed by atoms with van der Waals surface area (Å²) in [6, 6.07) is 0.593. The molecule has 1 atom stereocenters. The Bertz CT molecular complexity index is 289. The van der Waals surface area contributed by atoms with Crippen LogP contribution in [-0.4, -0.2) is 62.7 Å². The molecule has 0 spiro atoms. The predicted molar refractivity (Wildman–Crippen MR) is 66.8 cm³/mol. The van der Waals surface area contributed by atoms with E-state index in [-0.39, 0.29) is 11.4 Å². The molecule has 0 bridgehead atoms. The predicted octanol–water partition coefficient (Wildman–Crippen LogP) is 0.966. The number of carbonyl (C=O) groups excluding carboxylic acids is 1. The molecule has 0 aromatic carbocycles. The average Bonchev–Trinajstić information content (AvgIpc) is 3.09. The van der Waals surface area contributed by atoms with Crippen LogP contribution in [0.5, 0.6) is 0 Å². The first kappa shape index (κ1) is 12.8. The number of methoxy groups -OCH3 is 1. The number of hydrogen-bond donors (Lipinski definition) is 0. The Hall–Kier alpha value is -0.610. The van der Waals surface area contributed by atoms with Gasteiger partial charge < -0.3 is 14.5 Å². The molecule has 2 fully saturated rings. The Morgan fingerprint density at radius 1 is 1.53 bits per heavy atom. The Morgan fingerprint density at radius 3 is 2.76 bits per heavy atom. The number of nitrogens with zero attached hydrogens (tertiary/aromatic N) is 2. The van der Waals surface area contributed by atoms with Crippen molar-refractivity contribution >= 4 is 5.97 Å². The van der Waals surface area contributed by atoms with E-state index in [1.807, 2.05) is 0 Å².